The van der Waals surface area contributed by atoms with Crippen molar-refractivity contribution in [3.05, 3.63) is 77.3 Å². The molecule has 0 bridgehead atoms. The van der Waals surface area contributed by atoms with Gasteiger partial charge in [0.2, 0.25) is 5.95 Å². The van der Waals surface area contributed by atoms with E-state index >= 15 is 0 Å². The van der Waals surface area contributed by atoms with E-state index in [0.29, 0.717) is 18.1 Å². The molecule has 1 atom stereocenters. The number of hydrogen-bond donors (Lipinski definition) is 2. The second-order valence-corrected chi connectivity index (χ2v) is 7.30. The molecule has 1 aliphatic heterocycles. The summed E-state index contributed by atoms with van der Waals surface area (Å²) in [5.74, 6) is 1.14. The predicted molar refractivity (Wildman–Crippen MR) is 117 cm³/mol. The van der Waals surface area contributed by atoms with Crippen molar-refractivity contribution in [3.63, 3.8) is 0 Å². The van der Waals surface area contributed by atoms with Gasteiger partial charge >= 0.3 is 0 Å². The number of amides is 1. The number of anilines is 2. The quantitative estimate of drug-likeness (QED) is 0.641. The lowest BCUT2D eigenvalue weighted by Gasteiger charge is -2.29. The Bertz CT molecular complexity index is 1100. The molecule has 3 aromatic rings. The van der Waals surface area contributed by atoms with Crippen LogP contribution in [0.25, 0.3) is 0 Å². The van der Waals surface area contributed by atoms with Gasteiger partial charge < -0.3 is 15.4 Å². The number of carbonyl (C=O) groups excluding carboxylic acids is 1. The second-order valence-electron chi connectivity index (χ2n) is 7.30. The van der Waals surface area contributed by atoms with Crippen molar-refractivity contribution in [1.82, 2.24) is 14.8 Å². The summed E-state index contributed by atoms with van der Waals surface area (Å²) in [5.41, 5.74) is 4.00. The van der Waals surface area contributed by atoms with E-state index in [9.17, 15) is 4.79 Å². The summed E-state index contributed by atoms with van der Waals surface area (Å²) < 4.78 is 7.72. The average molecular weight is 403 g/mol. The van der Waals surface area contributed by atoms with E-state index in [0.717, 1.165) is 34.7 Å². The maximum atomic E-state index is 13.4. The molecule has 2 heterocycles. The van der Waals surface area contributed by atoms with Gasteiger partial charge in [-0.25, -0.2) is 4.68 Å². The minimum Gasteiger partial charge on any atom is -0.493 e. The minimum atomic E-state index is -0.457. The molecule has 0 saturated carbocycles. The number of nitrogens with one attached hydrogen (secondary N) is 2. The molecule has 0 fully saturated rings. The Kier molecular flexibility index (Phi) is 5.52. The van der Waals surface area contributed by atoms with Crippen LogP contribution in [0.3, 0.4) is 0 Å². The molecule has 0 aliphatic carbocycles. The Hall–Kier alpha value is -3.61. The van der Waals surface area contributed by atoms with Gasteiger partial charge in [-0.05, 0) is 44.0 Å². The van der Waals surface area contributed by atoms with E-state index in [1.165, 1.54) is 6.33 Å². The van der Waals surface area contributed by atoms with Crippen LogP contribution in [-0.2, 0) is 4.79 Å². The van der Waals surface area contributed by atoms with Crippen molar-refractivity contribution in [2.24, 2.45) is 0 Å². The van der Waals surface area contributed by atoms with Gasteiger partial charge in [-0.2, -0.15) is 10.1 Å². The van der Waals surface area contributed by atoms with Gasteiger partial charge in [-0.3, -0.25) is 4.79 Å². The lowest BCUT2D eigenvalue weighted by atomic mass is 9.94. The Morgan fingerprint density at radius 2 is 2.03 bits per heavy atom. The molecule has 7 nitrogen and oxygen atoms in total. The summed E-state index contributed by atoms with van der Waals surface area (Å²) in [6.45, 7) is 6.53. The fraction of sp³-hybridized carbons (Fsp3) is 0.261. The van der Waals surface area contributed by atoms with Gasteiger partial charge in [0, 0.05) is 16.9 Å². The highest BCUT2D eigenvalue weighted by Gasteiger charge is 2.35. The van der Waals surface area contributed by atoms with Gasteiger partial charge in [0.05, 0.1) is 12.2 Å². The molecule has 7 heteroatoms. The summed E-state index contributed by atoms with van der Waals surface area (Å²) in [6.07, 6.45) is 2.38. The zero-order valence-corrected chi connectivity index (χ0v) is 17.3. The minimum absolute atomic E-state index is 0.193. The zero-order valence-electron chi connectivity index (χ0n) is 17.3. The summed E-state index contributed by atoms with van der Waals surface area (Å²) in [5, 5.41) is 10.6. The number of para-hydroxylation sites is 1. The molecule has 2 N–H and O–H groups in total. The standard InChI is InChI=1S/C23H25N5O2/c1-4-12-30-19-11-6-5-10-18(19)21-20(16(3)26-23-24-14-25-28(21)23)22(29)27-17-9-7-8-15(2)13-17/h5-11,13-14,21H,4,12H2,1-3H3,(H,27,29)(H,24,25,26). The number of nitrogens with zero attached hydrogens (tertiary/aromatic N) is 3. The largest absolute Gasteiger partial charge is 0.493 e. The van der Waals surface area contributed by atoms with Crippen LogP contribution in [0.2, 0.25) is 0 Å². The van der Waals surface area contributed by atoms with E-state index in [1.807, 2.05) is 62.4 Å². The predicted octanol–water partition coefficient (Wildman–Crippen LogP) is 4.30. The molecule has 1 aliphatic rings. The van der Waals surface area contributed by atoms with Crippen LogP contribution < -0.4 is 15.4 Å². The molecule has 2 aromatic carbocycles. The number of aromatic nitrogens is 3. The molecule has 30 heavy (non-hydrogen) atoms. The van der Waals surface area contributed by atoms with E-state index in [-0.39, 0.29) is 5.91 Å². The lowest BCUT2D eigenvalue weighted by molar-refractivity contribution is -0.113. The van der Waals surface area contributed by atoms with Crippen LogP contribution in [-0.4, -0.2) is 27.3 Å². The number of aryl methyl sites for hydroxylation is 1. The topological polar surface area (TPSA) is 81.1 Å². The van der Waals surface area contributed by atoms with Crippen molar-refractivity contribution in [3.8, 4) is 5.75 Å². The maximum Gasteiger partial charge on any atom is 0.255 e. The van der Waals surface area contributed by atoms with E-state index < -0.39 is 6.04 Å². The van der Waals surface area contributed by atoms with Gasteiger partial charge in [0.1, 0.15) is 18.1 Å². The number of fused-ring (bicyclic) bond motifs is 1. The van der Waals surface area contributed by atoms with Crippen LogP contribution in [0, 0.1) is 6.92 Å². The second kappa shape index (κ2) is 8.41. The Morgan fingerprint density at radius 3 is 2.83 bits per heavy atom. The fourth-order valence-corrected chi connectivity index (χ4v) is 3.64. The molecule has 154 valence electrons. The van der Waals surface area contributed by atoms with Crippen LogP contribution in [0.4, 0.5) is 11.6 Å². The lowest BCUT2D eigenvalue weighted by Crippen LogP contribution is -2.31. The van der Waals surface area contributed by atoms with Crippen molar-refractivity contribution < 1.29 is 9.53 Å². The summed E-state index contributed by atoms with van der Waals surface area (Å²) in [4.78, 5) is 17.7. The van der Waals surface area contributed by atoms with Crippen molar-refractivity contribution >= 4 is 17.5 Å². The van der Waals surface area contributed by atoms with E-state index in [4.69, 9.17) is 4.74 Å². The Morgan fingerprint density at radius 1 is 1.20 bits per heavy atom. The van der Waals surface area contributed by atoms with Crippen LogP contribution in [0.5, 0.6) is 5.75 Å². The first kappa shape index (κ1) is 19.7. The normalized spacial score (nSPS) is 15.4. The smallest absolute Gasteiger partial charge is 0.255 e. The first-order valence-corrected chi connectivity index (χ1v) is 10.1. The van der Waals surface area contributed by atoms with Crippen LogP contribution >= 0.6 is 0 Å². The summed E-state index contributed by atoms with van der Waals surface area (Å²) >= 11 is 0. The monoisotopic (exact) mass is 403 g/mol. The van der Waals surface area contributed by atoms with Crippen LogP contribution in [0.15, 0.2) is 66.1 Å². The third kappa shape index (κ3) is 3.78. The highest BCUT2D eigenvalue weighted by molar-refractivity contribution is 6.06. The van der Waals surface area contributed by atoms with E-state index in [2.05, 4.69) is 27.6 Å². The first-order valence-electron chi connectivity index (χ1n) is 10.1. The van der Waals surface area contributed by atoms with E-state index in [1.54, 1.807) is 4.68 Å². The Balaban J connectivity index is 1.77. The molecular formula is C23H25N5O2. The molecule has 4 rings (SSSR count). The maximum absolute atomic E-state index is 13.4. The SMILES string of the molecule is CCCOc1ccccc1C1C(C(=O)Nc2cccc(C)c2)=C(C)Nc2ncnn21. The van der Waals surface area contributed by atoms with Crippen molar-refractivity contribution in [2.75, 3.05) is 17.2 Å². The van der Waals surface area contributed by atoms with Crippen LogP contribution in [0.1, 0.15) is 37.4 Å². The first-order chi connectivity index (χ1) is 14.6. The third-order valence-corrected chi connectivity index (χ3v) is 4.99. The van der Waals surface area contributed by atoms with Gasteiger partial charge in [-0.15, -0.1) is 0 Å². The summed E-state index contributed by atoms with van der Waals surface area (Å²) in [6, 6.07) is 15.1. The molecule has 1 amide bonds. The molecule has 1 unspecified atom stereocenters. The van der Waals surface area contributed by atoms with Gasteiger partial charge in [0.15, 0.2) is 0 Å². The number of ether oxygens (including phenoxy) is 1. The highest BCUT2D eigenvalue weighted by atomic mass is 16.5. The number of carbonyl (C=O) groups is 1. The third-order valence-electron chi connectivity index (χ3n) is 4.99. The van der Waals surface area contributed by atoms with Gasteiger partial charge in [0.25, 0.3) is 5.91 Å². The number of allylic oxidation sites excluding steroid dienone is 1. The molecule has 1 aromatic heterocycles. The molecule has 0 radical (unpaired) electrons. The number of rotatable bonds is 6. The van der Waals surface area contributed by atoms with Gasteiger partial charge in [-0.1, -0.05) is 37.3 Å². The molecule has 0 spiro atoms. The van der Waals surface area contributed by atoms with Crippen molar-refractivity contribution in [1.29, 1.82) is 0 Å². The average Bonchev–Trinajstić information content (AvgIpc) is 3.19. The fourth-order valence-electron chi connectivity index (χ4n) is 3.64. The number of benzene rings is 2. The number of hydrogen-bond acceptors (Lipinski definition) is 5. The van der Waals surface area contributed by atoms with Crippen molar-refractivity contribution in [2.45, 2.75) is 33.2 Å². The molecule has 0 saturated heterocycles. The molecular weight excluding hydrogens is 378 g/mol. The zero-order chi connectivity index (χ0) is 21.1. The Labute approximate surface area is 175 Å². The summed E-state index contributed by atoms with van der Waals surface area (Å²) in [7, 11) is 0. The highest BCUT2D eigenvalue weighted by Crippen LogP contribution is 2.39.